The molecule has 1 atom stereocenters. The highest BCUT2D eigenvalue weighted by Gasteiger charge is 2.32. The van der Waals surface area contributed by atoms with Crippen molar-refractivity contribution in [1.82, 2.24) is 4.57 Å². The third-order valence-corrected chi connectivity index (χ3v) is 8.36. The molecule has 0 saturated heterocycles. The number of hydrogen-bond acceptors (Lipinski definition) is 4. The van der Waals surface area contributed by atoms with E-state index in [0.29, 0.717) is 18.0 Å². The van der Waals surface area contributed by atoms with Crippen LogP contribution in [0.5, 0.6) is 0 Å². The van der Waals surface area contributed by atoms with Crippen molar-refractivity contribution in [2.24, 2.45) is 16.3 Å². The van der Waals surface area contributed by atoms with E-state index in [4.69, 9.17) is 4.99 Å². The number of thiophene rings is 1. The fourth-order valence-electron chi connectivity index (χ4n) is 5.10. The van der Waals surface area contributed by atoms with E-state index in [1.165, 1.54) is 10.4 Å². The number of aromatic nitrogens is 1. The summed E-state index contributed by atoms with van der Waals surface area (Å²) in [5.74, 6) is 0.631. The van der Waals surface area contributed by atoms with Crippen molar-refractivity contribution in [3.63, 3.8) is 0 Å². The summed E-state index contributed by atoms with van der Waals surface area (Å²) in [5, 5.41) is 21.4. The molecular formula is C30H28N4S. The normalized spacial score (nSPS) is 15.7. The second-order valence-electron chi connectivity index (χ2n) is 10.4. The quantitative estimate of drug-likeness (QED) is 0.288. The lowest BCUT2D eigenvalue weighted by atomic mass is 9.72. The molecule has 0 radical (unpaired) electrons. The minimum absolute atomic E-state index is 0.268. The average molecular weight is 477 g/mol. The zero-order valence-corrected chi connectivity index (χ0v) is 21.2. The standard InChI is InChI=1S/C30H28N4S/c1-30(2,3)23-12-13-25-26(16-32)29(35-28(25)14-23)33-17-22-19-34(27-11-7-6-10-24(22)27)18-21-9-5-4-8-20(21)15-31/h4-11,17,19,23H,12-14,18H2,1-3H3/t23-/m1/s1. The lowest BCUT2D eigenvalue weighted by Crippen LogP contribution is -2.26. The van der Waals surface area contributed by atoms with Gasteiger partial charge in [-0.3, -0.25) is 0 Å². The SMILES string of the molecule is CC(C)(C)[C@@H]1CCc2c(sc(N=Cc3cn(Cc4ccccc4C#N)c4ccccc34)c2C#N)C1. The van der Waals surface area contributed by atoms with Crippen molar-refractivity contribution >= 4 is 33.5 Å². The molecule has 2 heterocycles. The monoisotopic (exact) mass is 476 g/mol. The number of benzene rings is 2. The van der Waals surface area contributed by atoms with E-state index in [1.807, 2.05) is 42.6 Å². The zero-order valence-electron chi connectivity index (χ0n) is 20.4. The van der Waals surface area contributed by atoms with Crippen LogP contribution in [0.2, 0.25) is 0 Å². The van der Waals surface area contributed by atoms with Crippen LogP contribution in [0.3, 0.4) is 0 Å². The summed E-state index contributed by atoms with van der Waals surface area (Å²) in [5.41, 5.74) is 6.02. The molecule has 1 aliphatic carbocycles. The smallest absolute Gasteiger partial charge is 0.134 e. The summed E-state index contributed by atoms with van der Waals surface area (Å²) in [6, 6.07) is 20.7. The average Bonchev–Trinajstić information content (AvgIpc) is 3.39. The Labute approximate surface area is 210 Å². The predicted octanol–water partition coefficient (Wildman–Crippen LogP) is 7.40. The molecule has 174 valence electrons. The van der Waals surface area contributed by atoms with Crippen LogP contribution in [-0.2, 0) is 19.4 Å². The van der Waals surface area contributed by atoms with Crippen LogP contribution >= 0.6 is 11.3 Å². The molecule has 0 fully saturated rings. The van der Waals surface area contributed by atoms with Crippen LogP contribution in [0.15, 0.2) is 59.7 Å². The van der Waals surface area contributed by atoms with E-state index >= 15 is 0 Å². The maximum absolute atomic E-state index is 9.93. The third kappa shape index (κ3) is 4.41. The molecule has 0 amide bonds. The summed E-state index contributed by atoms with van der Waals surface area (Å²) in [6.45, 7) is 7.55. The first-order chi connectivity index (χ1) is 16.9. The van der Waals surface area contributed by atoms with Gasteiger partial charge < -0.3 is 4.57 Å². The molecule has 0 N–H and O–H groups in total. The van der Waals surface area contributed by atoms with Crippen molar-refractivity contribution in [1.29, 1.82) is 10.5 Å². The van der Waals surface area contributed by atoms with Gasteiger partial charge in [0, 0.05) is 40.3 Å². The van der Waals surface area contributed by atoms with Gasteiger partial charge in [-0.2, -0.15) is 10.5 Å². The van der Waals surface area contributed by atoms with Crippen molar-refractivity contribution in [2.75, 3.05) is 0 Å². The van der Waals surface area contributed by atoms with Gasteiger partial charge in [-0.15, -0.1) is 11.3 Å². The van der Waals surface area contributed by atoms with E-state index < -0.39 is 0 Å². The van der Waals surface area contributed by atoms with Gasteiger partial charge in [0.15, 0.2) is 0 Å². The summed E-state index contributed by atoms with van der Waals surface area (Å²) in [6.07, 6.45) is 7.11. The molecule has 2 aromatic carbocycles. The highest BCUT2D eigenvalue weighted by Crippen LogP contribution is 2.45. The Kier molecular flexibility index (Phi) is 6.05. The van der Waals surface area contributed by atoms with Crippen LogP contribution in [0.4, 0.5) is 5.00 Å². The van der Waals surface area contributed by atoms with Gasteiger partial charge in [-0.25, -0.2) is 4.99 Å². The second kappa shape index (κ2) is 9.17. The van der Waals surface area contributed by atoms with Crippen molar-refractivity contribution in [3.8, 4) is 12.1 Å². The maximum Gasteiger partial charge on any atom is 0.134 e. The van der Waals surface area contributed by atoms with E-state index in [-0.39, 0.29) is 5.41 Å². The molecule has 0 bridgehead atoms. The fraction of sp³-hybridized carbons (Fsp3) is 0.300. The number of hydrogen-bond donors (Lipinski definition) is 0. The molecule has 0 spiro atoms. The van der Waals surface area contributed by atoms with Crippen LogP contribution in [0.1, 0.15) is 59.9 Å². The Bertz CT molecular complexity index is 1510. The van der Waals surface area contributed by atoms with E-state index in [9.17, 15) is 10.5 Å². The minimum atomic E-state index is 0.268. The molecule has 35 heavy (non-hydrogen) atoms. The van der Waals surface area contributed by atoms with Crippen molar-refractivity contribution < 1.29 is 0 Å². The number of rotatable bonds is 4. The molecule has 0 unspecified atom stereocenters. The Balaban J connectivity index is 1.50. The first-order valence-corrected chi connectivity index (χ1v) is 12.8. The van der Waals surface area contributed by atoms with Crippen molar-refractivity contribution in [2.45, 2.75) is 46.6 Å². The van der Waals surface area contributed by atoms with Crippen molar-refractivity contribution in [3.05, 3.63) is 87.4 Å². The van der Waals surface area contributed by atoms with Crippen LogP contribution in [0.25, 0.3) is 10.9 Å². The van der Waals surface area contributed by atoms with Gasteiger partial charge in [0.2, 0.25) is 0 Å². The lowest BCUT2D eigenvalue weighted by Gasteiger charge is -2.33. The van der Waals surface area contributed by atoms with Crippen LogP contribution in [0, 0.1) is 34.0 Å². The summed E-state index contributed by atoms with van der Waals surface area (Å²) in [7, 11) is 0. The second-order valence-corrected chi connectivity index (χ2v) is 11.4. The van der Waals surface area contributed by atoms with E-state index in [0.717, 1.165) is 51.9 Å². The summed E-state index contributed by atoms with van der Waals surface area (Å²) >= 11 is 1.68. The van der Waals surface area contributed by atoms with Gasteiger partial charge >= 0.3 is 0 Å². The Morgan fingerprint density at radius 3 is 2.63 bits per heavy atom. The Morgan fingerprint density at radius 2 is 1.86 bits per heavy atom. The zero-order chi connectivity index (χ0) is 24.6. The molecule has 0 saturated carbocycles. The fourth-order valence-corrected chi connectivity index (χ4v) is 6.33. The van der Waals surface area contributed by atoms with Crippen LogP contribution < -0.4 is 0 Å². The molecule has 5 heteroatoms. The van der Waals surface area contributed by atoms with Gasteiger partial charge in [0.05, 0.1) is 17.2 Å². The largest absolute Gasteiger partial charge is 0.342 e. The number of aliphatic imine (C=N–C) groups is 1. The Hall–Kier alpha value is -3.67. The topological polar surface area (TPSA) is 64.9 Å². The Morgan fingerprint density at radius 1 is 1.09 bits per heavy atom. The number of para-hydroxylation sites is 1. The third-order valence-electron chi connectivity index (χ3n) is 7.20. The highest BCUT2D eigenvalue weighted by molar-refractivity contribution is 7.16. The summed E-state index contributed by atoms with van der Waals surface area (Å²) in [4.78, 5) is 6.18. The van der Waals surface area contributed by atoms with E-state index in [1.54, 1.807) is 11.3 Å². The van der Waals surface area contributed by atoms with Gasteiger partial charge in [-0.1, -0.05) is 57.2 Å². The minimum Gasteiger partial charge on any atom is -0.342 e. The molecule has 5 rings (SSSR count). The highest BCUT2D eigenvalue weighted by atomic mass is 32.1. The predicted molar refractivity (Wildman–Crippen MR) is 143 cm³/mol. The van der Waals surface area contributed by atoms with Gasteiger partial charge in [0.25, 0.3) is 0 Å². The number of nitriles is 2. The van der Waals surface area contributed by atoms with E-state index in [2.05, 4.69) is 55.8 Å². The molecule has 1 aliphatic rings. The summed E-state index contributed by atoms with van der Waals surface area (Å²) < 4.78 is 2.17. The number of fused-ring (bicyclic) bond motifs is 2. The molecule has 4 nitrogen and oxygen atoms in total. The molecule has 4 aromatic rings. The first kappa shape index (κ1) is 23.1. The first-order valence-electron chi connectivity index (χ1n) is 12.0. The lowest BCUT2D eigenvalue weighted by molar-refractivity contribution is 0.218. The number of nitrogens with zero attached hydrogens (tertiary/aromatic N) is 4. The maximum atomic E-state index is 9.93. The van der Waals surface area contributed by atoms with Crippen LogP contribution in [-0.4, -0.2) is 10.8 Å². The van der Waals surface area contributed by atoms with Gasteiger partial charge in [-0.05, 0) is 53.9 Å². The molecule has 2 aromatic heterocycles. The molecular weight excluding hydrogens is 448 g/mol. The molecule has 0 aliphatic heterocycles. The van der Waals surface area contributed by atoms with Gasteiger partial charge in [0.1, 0.15) is 11.1 Å².